The van der Waals surface area contributed by atoms with Gasteiger partial charge >= 0.3 is 0 Å². The summed E-state index contributed by atoms with van der Waals surface area (Å²) in [5.41, 5.74) is 6.12. The largest absolute Gasteiger partial charge is 0.476 e. The van der Waals surface area contributed by atoms with Crippen LogP contribution in [0.15, 0.2) is 65.6 Å². The van der Waals surface area contributed by atoms with Gasteiger partial charge in [-0.1, -0.05) is 42.0 Å². The van der Waals surface area contributed by atoms with Crippen molar-refractivity contribution in [1.82, 2.24) is 5.32 Å². The van der Waals surface area contributed by atoms with E-state index < -0.39 is 16.1 Å². The zero-order valence-corrected chi connectivity index (χ0v) is 21.8. The number of aryl methyl sites for hydroxylation is 4. The van der Waals surface area contributed by atoms with Crippen molar-refractivity contribution >= 4 is 21.6 Å². The Hall–Kier alpha value is -3.32. The second-order valence-electron chi connectivity index (χ2n) is 9.89. The van der Waals surface area contributed by atoms with Crippen LogP contribution in [0.4, 0.5) is 5.69 Å². The molecule has 188 valence electrons. The highest BCUT2D eigenvalue weighted by molar-refractivity contribution is 7.92. The number of nitrogens with one attached hydrogen (secondary N) is 1. The van der Waals surface area contributed by atoms with Gasteiger partial charge < -0.3 is 10.1 Å². The van der Waals surface area contributed by atoms with Gasteiger partial charge in [-0.3, -0.25) is 9.10 Å². The average molecular weight is 505 g/mol. The van der Waals surface area contributed by atoms with Gasteiger partial charge in [-0.2, -0.15) is 0 Å². The Morgan fingerprint density at radius 3 is 2.39 bits per heavy atom. The number of nitrogens with zero attached hydrogens (tertiary/aromatic N) is 1. The number of amides is 1. The van der Waals surface area contributed by atoms with Gasteiger partial charge in [0.15, 0.2) is 6.10 Å². The van der Waals surface area contributed by atoms with E-state index in [4.69, 9.17) is 4.74 Å². The minimum Gasteiger partial charge on any atom is -0.476 e. The third-order valence-electron chi connectivity index (χ3n) is 7.12. The number of anilines is 1. The molecule has 0 bridgehead atoms. The summed E-state index contributed by atoms with van der Waals surface area (Å²) < 4.78 is 34.7. The summed E-state index contributed by atoms with van der Waals surface area (Å²) >= 11 is 0. The molecule has 0 fully saturated rings. The van der Waals surface area contributed by atoms with Crippen LogP contribution in [0.2, 0.25) is 0 Å². The quantitative estimate of drug-likeness (QED) is 0.530. The lowest BCUT2D eigenvalue weighted by molar-refractivity contribution is -0.128. The molecule has 6 nitrogen and oxygen atoms in total. The molecule has 2 aliphatic rings. The van der Waals surface area contributed by atoms with E-state index in [0.717, 1.165) is 29.5 Å². The molecule has 0 saturated heterocycles. The molecule has 0 saturated carbocycles. The minimum absolute atomic E-state index is 0.102. The van der Waals surface area contributed by atoms with Gasteiger partial charge in [0.2, 0.25) is 0 Å². The van der Waals surface area contributed by atoms with Crippen LogP contribution in [0.1, 0.15) is 53.6 Å². The Bertz CT molecular complexity index is 1400. The topological polar surface area (TPSA) is 75.7 Å². The van der Waals surface area contributed by atoms with Crippen LogP contribution >= 0.6 is 0 Å². The van der Waals surface area contributed by atoms with Crippen molar-refractivity contribution < 1.29 is 17.9 Å². The summed E-state index contributed by atoms with van der Waals surface area (Å²) in [4.78, 5) is 13.5. The Morgan fingerprint density at radius 1 is 0.944 bits per heavy atom. The smallest absolute Gasteiger partial charge is 0.264 e. The number of hydrogen-bond acceptors (Lipinski definition) is 4. The Kier molecular flexibility index (Phi) is 6.51. The van der Waals surface area contributed by atoms with E-state index in [1.165, 1.54) is 28.3 Å². The molecule has 36 heavy (non-hydrogen) atoms. The van der Waals surface area contributed by atoms with E-state index in [2.05, 4.69) is 23.5 Å². The van der Waals surface area contributed by atoms with E-state index in [0.29, 0.717) is 11.4 Å². The zero-order chi connectivity index (χ0) is 25.4. The molecule has 3 aromatic carbocycles. The summed E-state index contributed by atoms with van der Waals surface area (Å²) in [5.74, 6) is 0.0414. The van der Waals surface area contributed by atoms with Crippen LogP contribution in [0.3, 0.4) is 0 Å². The first kappa shape index (κ1) is 24.4. The lowest BCUT2D eigenvalue weighted by atomic mass is 9.89. The van der Waals surface area contributed by atoms with E-state index in [-0.39, 0.29) is 23.4 Å². The summed E-state index contributed by atoms with van der Waals surface area (Å²) in [6.07, 6.45) is 3.62. The molecule has 0 spiro atoms. The van der Waals surface area contributed by atoms with Gasteiger partial charge in [-0.05, 0) is 93.0 Å². The number of sulfonamides is 1. The number of carbonyl (C=O) groups excluding carboxylic acids is 1. The van der Waals surface area contributed by atoms with Crippen LogP contribution in [0.25, 0.3) is 0 Å². The highest BCUT2D eigenvalue weighted by Crippen LogP contribution is 2.38. The average Bonchev–Trinajstić information content (AvgIpc) is 2.87. The maximum Gasteiger partial charge on any atom is 0.264 e. The Balaban J connectivity index is 1.41. The summed E-state index contributed by atoms with van der Waals surface area (Å²) in [6, 6.07) is 18.3. The molecule has 1 N–H and O–H groups in total. The first-order chi connectivity index (χ1) is 17.2. The standard InChI is InChI=1S/C29H32N2O4S/c1-19-8-13-25(14-9-19)36(33,34)31-18-28(35-27-15-10-20(2)16-26(27)31)29(32)30-21(3)23-12-11-22-6-4-5-7-24(22)17-23/h8-17,21,28H,4-7,18H2,1-3H3,(H,30,32)/t21-,28+/m0/s1. The molecular weight excluding hydrogens is 472 g/mol. The molecule has 7 heteroatoms. The van der Waals surface area contributed by atoms with Crippen LogP contribution in [-0.2, 0) is 27.7 Å². The third-order valence-corrected chi connectivity index (χ3v) is 8.91. The van der Waals surface area contributed by atoms with Crippen LogP contribution in [0.5, 0.6) is 5.75 Å². The second-order valence-corrected chi connectivity index (χ2v) is 11.8. The lowest BCUT2D eigenvalue weighted by Gasteiger charge is -2.35. The van der Waals surface area contributed by atoms with Gasteiger partial charge in [-0.25, -0.2) is 8.42 Å². The zero-order valence-electron chi connectivity index (χ0n) is 21.0. The van der Waals surface area contributed by atoms with Gasteiger partial charge in [-0.15, -0.1) is 0 Å². The molecule has 1 heterocycles. The van der Waals surface area contributed by atoms with E-state index >= 15 is 0 Å². The van der Waals surface area contributed by atoms with Crippen LogP contribution in [-0.4, -0.2) is 27.0 Å². The maximum atomic E-state index is 13.7. The van der Waals surface area contributed by atoms with Gasteiger partial charge in [0.1, 0.15) is 5.75 Å². The van der Waals surface area contributed by atoms with Gasteiger partial charge in [0, 0.05) is 0 Å². The number of carbonyl (C=O) groups is 1. The van der Waals surface area contributed by atoms with Gasteiger partial charge in [0.05, 0.1) is 23.2 Å². The fraction of sp³-hybridized carbons (Fsp3) is 0.345. The maximum absolute atomic E-state index is 13.7. The van der Waals surface area contributed by atoms with E-state index in [1.807, 2.05) is 26.8 Å². The lowest BCUT2D eigenvalue weighted by Crippen LogP contribution is -2.51. The number of ether oxygens (including phenoxy) is 1. The predicted molar refractivity (Wildman–Crippen MR) is 141 cm³/mol. The SMILES string of the molecule is Cc1ccc(S(=O)(=O)N2C[C@H](C(=O)N[C@@H](C)c3ccc4c(c3)CCCC4)Oc3ccc(C)cc32)cc1. The molecule has 1 aliphatic heterocycles. The Labute approximate surface area is 213 Å². The van der Waals surface area contributed by atoms with Crippen molar-refractivity contribution in [3.8, 4) is 5.75 Å². The normalized spacial score (nSPS) is 18.0. The molecule has 0 aromatic heterocycles. The molecule has 2 atom stereocenters. The molecular formula is C29H32N2O4S. The first-order valence-corrected chi connectivity index (χ1v) is 14.0. The van der Waals surface area contributed by atoms with E-state index in [1.54, 1.807) is 36.4 Å². The third kappa shape index (κ3) is 4.72. The monoisotopic (exact) mass is 504 g/mol. The van der Waals surface area contributed by atoms with Gasteiger partial charge in [0.25, 0.3) is 15.9 Å². The fourth-order valence-corrected chi connectivity index (χ4v) is 6.44. The van der Waals surface area contributed by atoms with Crippen molar-refractivity contribution in [2.45, 2.75) is 63.5 Å². The highest BCUT2D eigenvalue weighted by atomic mass is 32.2. The van der Waals surface area contributed by atoms with Crippen LogP contribution in [0, 0.1) is 13.8 Å². The van der Waals surface area contributed by atoms with Crippen molar-refractivity contribution in [3.05, 3.63) is 88.5 Å². The van der Waals surface area contributed by atoms with Crippen molar-refractivity contribution in [2.24, 2.45) is 0 Å². The van der Waals surface area contributed by atoms with Crippen LogP contribution < -0.4 is 14.4 Å². The van der Waals surface area contributed by atoms with Crippen molar-refractivity contribution in [1.29, 1.82) is 0 Å². The number of benzene rings is 3. The molecule has 0 radical (unpaired) electrons. The molecule has 1 amide bonds. The summed E-state index contributed by atoms with van der Waals surface area (Å²) in [5, 5.41) is 3.05. The fourth-order valence-electron chi connectivity index (χ4n) is 4.98. The van der Waals surface area contributed by atoms with E-state index in [9.17, 15) is 13.2 Å². The van der Waals surface area contributed by atoms with Crippen molar-refractivity contribution in [2.75, 3.05) is 10.8 Å². The molecule has 3 aromatic rings. The van der Waals surface area contributed by atoms with Crippen molar-refractivity contribution in [3.63, 3.8) is 0 Å². The highest BCUT2D eigenvalue weighted by Gasteiger charge is 2.38. The minimum atomic E-state index is -3.89. The molecule has 1 aliphatic carbocycles. The molecule has 5 rings (SSSR count). The Morgan fingerprint density at radius 2 is 1.64 bits per heavy atom. The first-order valence-electron chi connectivity index (χ1n) is 12.5. The second kappa shape index (κ2) is 9.62. The summed E-state index contributed by atoms with van der Waals surface area (Å²) in [7, 11) is -3.89. The number of hydrogen-bond donors (Lipinski definition) is 1. The molecule has 0 unspecified atom stereocenters. The number of fused-ring (bicyclic) bond motifs is 2. The summed E-state index contributed by atoms with van der Waals surface area (Å²) in [6.45, 7) is 5.66. The predicted octanol–water partition coefficient (Wildman–Crippen LogP) is 5.02. The number of rotatable bonds is 5.